The molecular formula is C24H23N3+2. The number of hydrogen-bond acceptors (Lipinski definition) is 1. The van der Waals surface area contributed by atoms with Crippen LogP contribution in [0.5, 0.6) is 0 Å². The molecule has 3 nitrogen and oxygen atoms in total. The van der Waals surface area contributed by atoms with Crippen LogP contribution in [-0.2, 0) is 14.1 Å². The van der Waals surface area contributed by atoms with E-state index in [4.69, 9.17) is 0 Å². The highest BCUT2D eigenvalue weighted by Crippen LogP contribution is 2.29. The fraction of sp³-hybridized carbons (Fsp3) is 0.125. The van der Waals surface area contributed by atoms with Gasteiger partial charge < -0.3 is 0 Å². The minimum absolute atomic E-state index is 0.987. The molecule has 27 heavy (non-hydrogen) atoms. The van der Waals surface area contributed by atoms with E-state index in [2.05, 4.69) is 96.1 Å². The van der Waals surface area contributed by atoms with Crippen molar-refractivity contribution in [2.24, 2.45) is 14.1 Å². The maximum Gasteiger partial charge on any atom is 0.212 e. The fourth-order valence-electron chi connectivity index (χ4n) is 3.57. The number of nitrogens with zero attached hydrogens (tertiary/aromatic N) is 3. The molecule has 0 saturated carbocycles. The van der Waals surface area contributed by atoms with Crippen LogP contribution in [0.4, 0.5) is 0 Å². The summed E-state index contributed by atoms with van der Waals surface area (Å²) in [6, 6.07) is 23.1. The molecule has 4 rings (SSSR count). The Kier molecular flexibility index (Phi) is 4.51. The average Bonchev–Trinajstić information content (AvgIpc) is 2.70. The highest BCUT2D eigenvalue weighted by molar-refractivity contribution is 5.73. The third kappa shape index (κ3) is 3.24. The monoisotopic (exact) mass is 353 g/mol. The van der Waals surface area contributed by atoms with Gasteiger partial charge in [-0.1, -0.05) is 12.1 Å². The van der Waals surface area contributed by atoms with Crippen LogP contribution in [0, 0.1) is 6.92 Å². The molecule has 0 aliphatic heterocycles. The molecule has 0 saturated heterocycles. The third-order valence-corrected chi connectivity index (χ3v) is 5.03. The molecule has 0 amide bonds. The van der Waals surface area contributed by atoms with Gasteiger partial charge >= 0.3 is 0 Å². The Bertz CT molecular complexity index is 1100. The average molecular weight is 353 g/mol. The maximum absolute atomic E-state index is 4.46. The molecule has 4 aromatic rings. The van der Waals surface area contributed by atoms with E-state index in [1.807, 2.05) is 24.4 Å². The van der Waals surface area contributed by atoms with Crippen LogP contribution < -0.4 is 9.13 Å². The highest BCUT2D eigenvalue weighted by Gasteiger charge is 2.19. The summed E-state index contributed by atoms with van der Waals surface area (Å²) in [5.41, 5.74) is 8.28. The van der Waals surface area contributed by atoms with Crippen molar-refractivity contribution in [3.63, 3.8) is 0 Å². The second-order valence-corrected chi connectivity index (χ2v) is 6.80. The summed E-state index contributed by atoms with van der Waals surface area (Å²) in [4.78, 5) is 4.46. The van der Waals surface area contributed by atoms with E-state index < -0.39 is 0 Å². The Morgan fingerprint density at radius 3 is 2.11 bits per heavy atom. The first-order valence-electron chi connectivity index (χ1n) is 9.11. The van der Waals surface area contributed by atoms with E-state index in [-0.39, 0.29) is 0 Å². The molecule has 0 bridgehead atoms. The SMILES string of the molecule is Cc1c(-c2cccc[n+]2C)cccc1-c1ccc(-c2ccccn2)c[n+]1C. The molecule has 132 valence electrons. The minimum Gasteiger partial charge on any atom is -0.256 e. The topological polar surface area (TPSA) is 20.6 Å². The summed E-state index contributed by atoms with van der Waals surface area (Å²) in [6.07, 6.45) is 6.06. The second kappa shape index (κ2) is 7.12. The van der Waals surface area contributed by atoms with Crippen LogP contribution in [-0.4, -0.2) is 4.98 Å². The summed E-state index contributed by atoms with van der Waals surface area (Å²) in [5.74, 6) is 0. The summed E-state index contributed by atoms with van der Waals surface area (Å²) in [5, 5.41) is 0. The van der Waals surface area contributed by atoms with Gasteiger partial charge in [0.05, 0.1) is 11.3 Å². The van der Waals surface area contributed by atoms with Gasteiger partial charge in [0.25, 0.3) is 0 Å². The Morgan fingerprint density at radius 2 is 1.44 bits per heavy atom. The standard InChI is InChI=1S/C24H23N3/c1-18-20(23-12-5-7-16-26(23)2)9-8-10-21(18)24-14-13-19(17-27(24)3)22-11-4-6-15-25-22/h4-17H,1-3H3/q+2. The first kappa shape index (κ1) is 17.1. The van der Waals surface area contributed by atoms with E-state index in [9.17, 15) is 0 Å². The Balaban J connectivity index is 1.81. The number of benzene rings is 1. The summed E-state index contributed by atoms with van der Waals surface area (Å²) >= 11 is 0. The van der Waals surface area contributed by atoms with Gasteiger partial charge in [0.15, 0.2) is 12.4 Å². The van der Waals surface area contributed by atoms with Crippen molar-refractivity contribution >= 4 is 0 Å². The quantitative estimate of drug-likeness (QED) is 0.509. The van der Waals surface area contributed by atoms with Crippen LogP contribution in [0.15, 0.2) is 85.3 Å². The van der Waals surface area contributed by atoms with Crippen LogP contribution in [0.2, 0.25) is 0 Å². The first-order valence-corrected chi connectivity index (χ1v) is 9.11. The smallest absolute Gasteiger partial charge is 0.212 e. The van der Waals surface area contributed by atoms with Crippen LogP contribution >= 0.6 is 0 Å². The first-order chi connectivity index (χ1) is 13.1. The van der Waals surface area contributed by atoms with Crippen LogP contribution in [0.3, 0.4) is 0 Å². The minimum atomic E-state index is 0.987. The largest absolute Gasteiger partial charge is 0.256 e. The molecule has 3 heteroatoms. The lowest BCUT2D eigenvalue weighted by molar-refractivity contribution is -0.660. The third-order valence-electron chi connectivity index (χ3n) is 5.03. The molecular weight excluding hydrogens is 330 g/mol. The van der Waals surface area contributed by atoms with Crippen molar-refractivity contribution in [2.45, 2.75) is 6.92 Å². The molecule has 0 aliphatic rings. The summed E-state index contributed by atoms with van der Waals surface area (Å²) in [6.45, 7) is 2.20. The van der Waals surface area contributed by atoms with E-state index in [1.54, 1.807) is 0 Å². The van der Waals surface area contributed by atoms with Gasteiger partial charge in [-0.3, -0.25) is 4.98 Å². The number of pyridine rings is 3. The predicted molar refractivity (Wildman–Crippen MR) is 108 cm³/mol. The van der Waals surface area contributed by atoms with E-state index in [0.29, 0.717) is 0 Å². The van der Waals surface area contributed by atoms with Crippen molar-refractivity contribution in [3.05, 3.63) is 90.9 Å². The fourth-order valence-corrected chi connectivity index (χ4v) is 3.57. The van der Waals surface area contributed by atoms with Gasteiger partial charge in [0, 0.05) is 35.5 Å². The maximum atomic E-state index is 4.46. The number of aromatic nitrogens is 3. The van der Waals surface area contributed by atoms with E-state index in [0.717, 1.165) is 11.3 Å². The van der Waals surface area contributed by atoms with E-state index >= 15 is 0 Å². The number of rotatable bonds is 3. The Hall–Kier alpha value is -3.33. The van der Waals surface area contributed by atoms with Crippen molar-refractivity contribution < 1.29 is 9.13 Å². The van der Waals surface area contributed by atoms with Crippen molar-refractivity contribution in [1.82, 2.24) is 4.98 Å². The number of aryl methyl sites for hydroxylation is 2. The second-order valence-electron chi connectivity index (χ2n) is 6.80. The zero-order valence-corrected chi connectivity index (χ0v) is 15.9. The molecule has 0 fully saturated rings. The van der Waals surface area contributed by atoms with Gasteiger partial charge in [-0.05, 0) is 48.9 Å². The van der Waals surface area contributed by atoms with Gasteiger partial charge in [-0.15, -0.1) is 0 Å². The molecule has 0 unspecified atom stereocenters. The lowest BCUT2D eigenvalue weighted by Gasteiger charge is -2.10. The molecule has 0 N–H and O–H groups in total. The molecule has 3 heterocycles. The molecule has 0 spiro atoms. The zero-order chi connectivity index (χ0) is 18.8. The molecule has 0 radical (unpaired) electrons. The zero-order valence-electron chi connectivity index (χ0n) is 15.9. The van der Waals surface area contributed by atoms with Gasteiger partial charge in [0.2, 0.25) is 11.4 Å². The normalized spacial score (nSPS) is 10.8. The van der Waals surface area contributed by atoms with Crippen molar-refractivity contribution in [3.8, 4) is 33.8 Å². The highest BCUT2D eigenvalue weighted by atomic mass is 14.9. The van der Waals surface area contributed by atoms with Gasteiger partial charge in [-0.2, -0.15) is 0 Å². The lowest BCUT2D eigenvalue weighted by Crippen LogP contribution is -2.31. The van der Waals surface area contributed by atoms with Gasteiger partial charge in [0.1, 0.15) is 14.1 Å². The number of hydrogen-bond donors (Lipinski definition) is 0. The summed E-state index contributed by atoms with van der Waals surface area (Å²) in [7, 11) is 4.18. The van der Waals surface area contributed by atoms with Crippen molar-refractivity contribution in [2.75, 3.05) is 0 Å². The Morgan fingerprint density at radius 1 is 0.704 bits per heavy atom. The van der Waals surface area contributed by atoms with Crippen LogP contribution in [0.25, 0.3) is 33.8 Å². The Labute approximate surface area is 160 Å². The lowest BCUT2D eigenvalue weighted by atomic mass is 9.96. The predicted octanol–water partition coefficient (Wildman–Crippen LogP) is 4.04. The molecule has 0 atom stereocenters. The molecule has 3 aromatic heterocycles. The van der Waals surface area contributed by atoms with Gasteiger partial charge in [-0.25, -0.2) is 9.13 Å². The molecule has 1 aromatic carbocycles. The van der Waals surface area contributed by atoms with E-state index in [1.165, 1.54) is 28.1 Å². The van der Waals surface area contributed by atoms with Crippen LogP contribution in [0.1, 0.15) is 5.56 Å². The van der Waals surface area contributed by atoms with Crippen molar-refractivity contribution in [1.29, 1.82) is 0 Å². The molecule has 0 aliphatic carbocycles. The summed E-state index contributed by atoms with van der Waals surface area (Å²) < 4.78 is 4.34.